The number of halogens is 1. The molecular weight excluding hydrogens is 352 g/mol. The fraction of sp³-hybridized carbons (Fsp3) is 0.350. The average Bonchev–Trinajstić information content (AvgIpc) is 2.64. The maximum absolute atomic E-state index is 12.1. The molecular formula is C20H25ClN2O3. The summed E-state index contributed by atoms with van der Waals surface area (Å²) in [7, 11) is 3.17. The standard InChI is InChI=1S/C20H25ClN2O3/c1-20(2,15-6-8-16(21)9-7-15)13-23-19(24)22-12-14-5-10-17(25-3)18(11-14)26-4/h5-11H,12-13H2,1-4H3,(H2,22,23,24). The number of urea groups is 1. The van der Waals surface area contributed by atoms with Crippen LogP contribution in [0.4, 0.5) is 4.79 Å². The summed E-state index contributed by atoms with van der Waals surface area (Å²) in [6.07, 6.45) is 0. The monoisotopic (exact) mass is 376 g/mol. The lowest BCUT2D eigenvalue weighted by molar-refractivity contribution is 0.238. The number of benzene rings is 2. The van der Waals surface area contributed by atoms with Crippen molar-refractivity contribution >= 4 is 17.6 Å². The van der Waals surface area contributed by atoms with E-state index in [0.29, 0.717) is 29.6 Å². The van der Waals surface area contributed by atoms with Crippen molar-refractivity contribution in [3.8, 4) is 11.5 Å². The Labute approximate surface area is 159 Å². The van der Waals surface area contributed by atoms with Gasteiger partial charge in [0.2, 0.25) is 0 Å². The zero-order chi connectivity index (χ0) is 19.2. The number of nitrogens with one attached hydrogen (secondary N) is 2. The molecule has 140 valence electrons. The molecule has 0 saturated heterocycles. The van der Waals surface area contributed by atoms with E-state index in [0.717, 1.165) is 11.1 Å². The van der Waals surface area contributed by atoms with E-state index in [-0.39, 0.29) is 11.4 Å². The highest BCUT2D eigenvalue weighted by molar-refractivity contribution is 6.30. The van der Waals surface area contributed by atoms with Crippen molar-refractivity contribution in [3.05, 3.63) is 58.6 Å². The maximum Gasteiger partial charge on any atom is 0.315 e. The molecule has 0 atom stereocenters. The first kappa shape index (κ1) is 19.9. The zero-order valence-electron chi connectivity index (χ0n) is 15.6. The third-order valence-electron chi connectivity index (χ3n) is 4.22. The molecule has 26 heavy (non-hydrogen) atoms. The molecule has 2 aromatic carbocycles. The molecule has 6 heteroatoms. The van der Waals surface area contributed by atoms with E-state index in [1.807, 2.05) is 42.5 Å². The van der Waals surface area contributed by atoms with E-state index in [9.17, 15) is 4.79 Å². The van der Waals surface area contributed by atoms with Gasteiger partial charge in [0, 0.05) is 23.5 Å². The fourth-order valence-corrected chi connectivity index (χ4v) is 2.67. The molecule has 0 bridgehead atoms. The van der Waals surface area contributed by atoms with E-state index in [1.54, 1.807) is 14.2 Å². The number of amides is 2. The second kappa shape index (κ2) is 8.81. The Kier molecular flexibility index (Phi) is 6.75. The minimum atomic E-state index is -0.221. The highest BCUT2D eigenvalue weighted by Crippen LogP contribution is 2.27. The molecule has 5 nitrogen and oxygen atoms in total. The number of hydrogen-bond acceptors (Lipinski definition) is 3. The van der Waals surface area contributed by atoms with Crippen molar-refractivity contribution in [1.29, 1.82) is 0 Å². The Hall–Kier alpha value is -2.40. The van der Waals surface area contributed by atoms with Crippen LogP contribution in [0.25, 0.3) is 0 Å². The molecule has 2 amide bonds. The highest BCUT2D eigenvalue weighted by Gasteiger charge is 2.21. The molecule has 0 spiro atoms. The Bertz CT molecular complexity index is 745. The predicted octanol–water partition coefficient (Wildman–Crippen LogP) is 4.13. The van der Waals surface area contributed by atoms with Gasteiger partial charge in [0.1, 0.15) is 0 Å². The SMILES string of the molecule is COc1ccc(CNC(=O)NCC(C)(C)c2ccc(Cl)cc2)cc1OC. The summed E-state index contributed by atoms with van der Waals surface area (Å²) >= 11 is 5.93. The predicted molar refractivity (Wildman–Crippen MR) is 104 cm³/mol. The Balaban J connectivity index is 1.88. The molecule has 0 aliphatic carbocycles. The summed E-state index contributed by atoms with van der Waals surface area (Å²) in [6.45, 7) is 5.05. The Morgan fingerprint density at radius 2 is 1.65 bits per heavy atom. The van der Waals surface area contributed by atoms with E-state index in [4.69, 9.17) is 21.1 Å². The highest BCUT2D eigenvalue weighted by atomic mass is 35.5. The summed E-state index contributed by atoms with van der Waals surface area (Å²) in [5.74, 6) is 1.29. The van der Waals surface area contributed by atoms with E-state index in [2.05, 4.69) is 24.5 Å². The minimum Gasteiger partial charge on any atom is -0.493 e. The average molecular weight is 377 g/mol. The van der Waals surface area contributed by atoms with Gasteiger partial charge in [0.05, 0.1) is 14.2 Å². The molecule has 0 heterocycles. The second-order valence-electron chi connectivity index (χ2n) is 6.62. The Morgan fingerprint density at radius 1 is 1.00 bits per heavy atom. The van der Waals surface area contributed by atoms with Crippen LogP contribution in [0.3, 0.4) is 0 Å². The van der Waals surface area contributed by atoms with Gasteiger partial charge in [-0.25, -0.2) is 4.79 Å². The van der Waals surface area contributed by atoms with Crippen molar-refractivity contribution in [3.63, 3.8) is 0 Å². The number of carbonyl (C=O) groups excluding carboxylic acids is 1. The third kappa shape index (κ3) is 5.30. The molecule has 0 aliphatic heterocycles. The van der Waals surface area contributed by atoms with Gasteiger partial charge in [-0.3, -0.25) is 0 Å². The van der Waals surface area contributed by atoms with Gasteiger partial charge in [0.25, 0.3) is 0 Å². The maximum atomic E-state index is 12.1. The number of carbonyl (C=O) groups is 1. The van der Waals surface area contributed by atoms with E-state index in [1.165, 1.54) is 0 Å². The number of hydrogen-bond donors (Lipinski definition) is 2. The lowest BCUT2D eigenvalue weighted by Crippen LogP contribution is -2.42. The van der Waals surface area contributed by atoms with E-state index >= 15 is 0 Å². The van der Waals surface area contributed by atoms with E-state index < -0.39 is 0 Å². The fourth-order valence-electron chi connectivity index (χ4n) is 2.54. The van der Waals surface area contributed by atoms with Crippen molar-refractivity contribution in [2.75, 3.05) is 20.8 Å². The van der Waals surface area contributed by atoms with Crippen LogP contribution in [0, 0.1) is 0 Å². The van der Waals surface area contributed by atoms with Crippen molar-refractivity contribution in [2.45, 2.75) is 25.8 Å². The molecule has 2 N–H and O–H groups in total. The minimum absolute atomic E-state index is 0.203. The summed E-state index contributed by atoms with van der Waals surface area (Å²) in [4.78, 5) is 12.1. The van der Waals surface area contributed by atoms with Gasteiger partial charge in [-0.1, -0.05) is 43.6 Å². The summed E-state index contributed by atoms with van der Waals surface area (Å²) in [6, 6.07) is 13.0. The van der Waals surface area contributed by atoms with Gasteiger partial charge < -0.3 is 20.1 Å². The number of ether oxygens (including phenoxy) is 2. The Morgan fingerprint density at radius 3 is 2.27 bits per heavy atom. The molecule has 0 fully saturated rings. The van der Waals surface area contributed by atoms with Crippen LogP contribution in [0.15, 0.2) is 42.5 Å². The molecule has 2 aromatic rings. The molecule has 0 saturated carbocycles. The topological polar surface area (TPSA) is 59.6 Å². The quantitative estimate of drug-likeness (QED) is 0.763. The lowest BCUT2D eigenvalue weighted by Gasteiger charge is -2.25. The summed E-state index contributed by atoms with van der Waals surface area (Å²) in [5, 5.41) is 6.47. The van der Waals surface area contributed by atoms with Crippen molar-refractivity contribution in [2.24, 2.45) is 0 Å². The molecule has 0 aromatic heterocycles. The zero-order valence-corrected chi connectivity index (χ0v) is 16.3. The van der Waals surface area contributed by atoms with Gasteiger partial charge in [-0.05, 0) is 35.4 Å². The van der Waals surface area contributed by atoms with Gasteiger partial charge >= 0.3 is 6.03 Å². The van der Waals surface area contributed by atoms with Crippen LogP contribution in [0.2, 0.25) is 5.02 Å². The smallest absolute Gasteiger partial charge is 0.315 e. The van der Waals surface area contributed by atoms with Crippen LogP contribution < -0.4 is 20.1 Å². The first-order valence-electron chi connectivity index (χ1n) is 8.34. The normalized spacial score (nSPS) is 11.0. The van der Waals surface area contributed by atoms with Gasteiger partial charge in [-0.2, -0.15) is 0 Å². The van der Waals surface area contributed by atoms with Crippen LogP contribution in [-0.4, -0.2) is 26.8 Å². The largest absolute Gasteiger partial charge is 0.493 e. The second-order valence-corrected chi connectivity index (χ2v) is 7.05. The summed E-state index contributed by atoms with van der Waals surface area (Å²) in [5.41, 5.74) is 1.84. The van der Waals surface area contributed by atoms with Crippen LogP contribution >= 0.6 is 11.6 Å². The van der Waals surface area contributed by atoms with Crippen LogP contribution in [-0.2, 0) is 12.0 Å². The van der Waals surface area contributed by atoms with Crippen LogP contribution in [0.1, 0.15) is 25.0 Å². The molecule has 0 radical (unpaired) electrons. The molecule has 0 aliphatic rings. The first-order chi connectivity index (χ1) is 12.4. The van der Waals surface area contributed by atoms with Crippen LogP contribution in [0.5, 0.6) is 11.5 Å². The third-order valence-corrected chi connectivity index (χ3v) is 4.47. The van der Waals surface area contributed by atoms with Gasteiger partial charge in [0.15, 0.2) is 11.5 Å². The molecule has 0 unspecified atom stereocenters. The van der Waals surface area contributed by atoms with Crippen molar-refractivity contribution < 1.29 is 14.3 Å². The number of methoxy groups -OCH3 is 2. The summed E-state index contributed by atoms with van der Waals surface area (Å²) < 4.78 is 10.5. The lowest BCUT2D eigenvalue weighted by atomic mass is 9.85. The first-order valence-corrected chi connectivity index (χ1v) is 8.72. The van der Waals surface area contributed by atoms with Crippen molar-refractivity contribution in [1.82, 2.24) is 10.6 Å². The molecule has 2 rings (SSSR count). The number of rotatable bonds is 7. The van der Waals surface area contributed by atoms with Gasteiger partial charge in [-0.15, -0.1) is 0 Å².